The summed E-state index contributed by atoms with van der Waals surface area (Å²) in [7, 11) is 0. The van der Waals surface area contributed by atoms with E-state index in [1.807, 2.05) is 0 Å². The highest BCUT2D eigenvalue weighted by Crippen LogP contribution is 2.47. The normalized spacial score (nSPS) is 26.8. The number of benzene rings is 1. The fourth-order valence-corrected chi connectivity index (χ4v) is 5.12. The third-order valence-electron chi connectivity index (χ3n) is 6.57. The number of nitrogens with zero attached hydrogens (tertiary/aromatic N) is 1. The van der Waals surface area contributed by atoms with Crippen LogP contribution in [-0.2, 0) is 9.59 Å². The molecule has 0 bridgehead atoms. The monoisotopic (exact) mass is 468 g/mol. The van der Waals surface area contributed by atoms with Crippen molar-refractivity contribution in [2.24, 2.45) is 5.92 Å². The van der Waals surface area contributed by atoms with Gasteiger partial charge in [0.2, 0.25) is 11.8 Å². The van der Waals surface area contributed by atoms with Crippen molar-refractivity contribution in [1.82, 2.24) is 10.2 Å². The van der Waals surface area contributed by atoms with Crippen LogP contribution in [-0.4, -0.2) is 71.0 Å². The van der Waals surface area contributed by atoms with Crippen molar-refractivity contribution in [3.63, 3.8) is 0 Å². The number of nitrogens with one attached hydrogen (secondary N) is 1. The molecule has 1 saturated carbocycles. The van der Waals surface area contributed by atoms with Gasteiger partial charge < -0.3 is 25.2 Å². The molecule has 4 unspecified atom stereocenters. The molecule has 0 aromatic heterocycles. The molecule has 2 amide bonds. The molecule has 3 aliphatic rings. The van der Waals surface area contributed by atoms with Crippen molar-refractivity contribution in [3.05, 3.63) is 41.5 Å². The zero-order chi connectivity index (χ0) is 23.8. The molecule has 1 aromatic carbocycles. The third kappa shape index (κ3) is 4.72. The van der Waals surface area contributed by atoms with Crippen LogP contribution in [0.3, 0.4) is 0 Å². The number of ether oxygens (including phenoxy) is 1. The molecule has 1 aromatic rings. The van der Waals surface area contributed by atoms with Crippen molar-refractivity contribution in [2.45, 2.75) is 56.0 Å². The number of aliphatic hydroxyl groups excluding tert-OH is 2. The maximum Gasteiger partial charge on any atom is 0.406 e. The van der Waals surface area contributed by atoms with Crippen LogP contribution in [0.1, 0.15) is 37.2 Å². The maximum absolute atomic E-state index is 13.5. The van der Waals surface area contributed by atoms with Crippen molar-refractivity contribution >= 4 is 11.8 Å². The second-order valence-corrected chi connectivity index (χ2v) is 8.74. The van der Waals surface area contributed by atoms with Crippen molar-refractivity contribution in [1.29, 1.82) is 0 Å². The lowest BCUT2D eigenvalue weighted by molar-refractivity contribution is -0.172. The van der Waals surface area contributed by atoms with Gasteiger partial charge in [0.1, 0.15) is 24.5 Å². The van der Waals surface area contributed by atoms with Crippen LogP contribution in [0, 0.1) is 5.92 Å². The fraction of sp³-hybridized carbons (Fsp3) is 0.565. The Morgan fingerprint density at radius 3 is 2.55 bits per heavy atom. The predicted molar refractivity (Wildman–Crippen MR) is 111 cm³/mol. The van der Waals surface area contributed by atoms with Gasteiger partial charge in [0.25, 0.3) is 0 Å². The van der Waals surface area contributed by atoms with E-state index >= 15 is 0 Å². The minimum absolute atomic E-state index is 0.0451. The maximum atomic E-state index is 13.5. The summed E-state index contributed by atoms with van der Waals surface area (Å²) in [6.45, 7) is -1.89. The van der Waals surface area contributed by atoms with E-state index in [9.17, 15) is 27.9 Å². The molecule has 2 aliphatic carbocycles. The molecule has 0 saturated heterocycles. The summed E-state index contributed by atoms with van der Waals surface area (Å²) in [4.78, 5) is 26.7. The number of hydrogen-bond donors (Lipinski definition) is 3. The largest absolute Gasteiger partial charge is 0.486 e. The minimum atomic E-state index is -4.68. The zero-order valence-electron chi connectivity index (χ0n) is 17.9. The SMILES string of the molecule is O=C(NCCO)C1=CC(N(CC(F)(F)F)C(=O)C2CCCC2)C(O)C2Oc3ccccc3C12. The van der Waals surface area contributed by atoms with E-state index in [-0.39, 0.29) is 18.7 Å². The van der Waals surface area contributed by atoms with Crippen LogP contribution >= 0.6 is 0 Å². The molecule has 33 heavy (non-hydrogen) atoms. The first-order valence-electron chi connectivity index (χ1n) is 11.1. The van der Waals surface area contributed by atoms with Crippen LogP contribution in [0.5, 0.6) is 5.75 Å². The molecule has 7 nitrogen and oxygen atoms in total. The van der Waals surface area contributed by atoms with E-state index in [0.717, 1.165) is 12.8 Å². The third-order valence-corrected chi connectivity index (χ3v) is 6.57. The molecule has 1 heterocycles. The number of para-hydroxylation sites is 1. The summed E-state index contributed by atoms with van der Waals surface area (Å²) >= 11 is 0. The molecule has 4 rings (SSSR count). The molecular weight excluding hydrogens is 441 g/mol. The first kappa shape index (κ1) is 23.6. The molecule has 0 spiro atoms. The number of hydrogen-bond acceptors (Lipinski definition) is 5. The minimum Gasteiger partial charge on any atom is -0.486 e. The molecule has 1 aliphatic heterocycles. The van der Waals surface area contributed by atoms with Crippen molar-refractivity contribution < 1.29 is 37.7 Å². The van der Waals surface area contributed by atoms with E-state index in [0.29, 0.717) is 29.1 Å². The highest BCUT2D eigenvalue weighted by atomic mass is 19.4. The number of rotatable bonds is 6. The average Bonchev–Trinajstić information content (AvgIpc) is 3.44. The van der Waals surface area contributed by atoms with Crippen LogP contribution in [0.2, 0.25) is 0 Å². The van der Waals surface area contributed by atoms with Crippen molar-refractivity contribution in [3.8, 4) is 5.75 Å². The topological polar surface area (TPSA) is 99.1 Å². The Bertz CT molecular complexity index is 929. The lowest BCUT2D eigenvalue weighted by atomic mass is 9.77. The summed E-state index contributed by atoms with van der Waals surface area (Å²) in [6, 6.07) is 5.47. The highest BCUT2D eigenvalue weighted by molar-refractivity contribution is 5.96. The van der Waals surface area contributed by atoms with Gasteiger partial charge in [0.05, 0.1) is 18.6 Å². The Hall–Kier alpha value is -2.59. The lowest BCUT2D eigenvalue weighted by Crippen LogP contribution is -2.58. The van der Waals surface area contributed by atoms with Gasteiger partial charge in [-0.05, 0) is 25.0 Å². The van der Waals surface area contributed by atoms with E-state index in [2.05, 4.69) is 5.32 Å². The van der Waals surface area contributed by atoms with Crippen molar-refractivity contribution in [2.75, 3.05) is 19.7 Å². The van der Waals surface area contributed by atoms with Gasteiger partial charge in [0, 0.05) is 23.6 Å². The summed E-state index contributed by atoms with van der Waals surface area (Å²) < 4.78 is 46.4. The summed E-state index contributed by atoms with van der Waals surface area (Å²) in [5.74, 6) is -2.08. The van der Waals surface area contributed by atoms with Gasteiger partial charge in [-0.2, -0.15) is 13.2 Å². The summed E-state index contributed by atoms with van der Waals surface area (Å²) in [5.41, 5.74) is 0.745. The molecule has 3 N–H and O–H groups in total. The number of carbonyl (C=O) groups is 2. The first-order chi connectivity index (χ1) is 15.7. The predicted octanol–water partition coefficient (Wildman–Crippen LogP) is 1.89. The quantitative estimate of drug-likeness (QED) is 0.592. The number of fused-ring (bicyclic) bond motifs is 3. The van der Waals surface area contributed by atoms with E-state index in [1.165, 1.54) is 6.08 Å². The first-order valence-corrected chi connectivity index (χ1v) is 11.1. The van der Waals surface area contributed by atoms with Gasteiger partial charge in [-0.25, -0.2) is 0 Å². The fourth-order valence-electron chi connectivity index (χ4n) is 5.12. The summed E-state index contributed by atoms with van der Waals surface area (Å²) in [6.07, 6.45) is -3.40. The molecular formula is C23H27F3N2O5. The number of amides is 2. The molecule has 4 atom stereocenters. The highest BCUT2D eigenvalue weighted by Gasteiger charge is 2.52. The van der Waals surface area contributed by atoms with Gasteiger partial charge >= 0.3 is 6.18 Å². The van der Waals surface area contributed by atoms with Crippen LogP contribution in [0.25, 0.3) is 0 Å². The lowest BCUT2D eigenvalue weighted by Gasteiger charge is -2.41. The van der Waals surface area contributed by atoms with Gasteiger partial charge in [0.15, 0.2) is 0 Å². The average molecular weight is 468 g/mol. The zero-order valence-corrected chi connectivity index (χ0v) is 17.9. The van der Waals surface area contributed by atoms with Gasteiger partial charge in [-0.15, -0.1) is 0 Å². The van der Waals surface area contributed by atoms with E-state index in [4.69, 9.17) is 9.84 Å². The number of aliphatic hydroxyl groups is 2. The van der Waals surface area contributed by atoms with Gasteiger partial charge in [-0.3, -0.25) is 9.59 Å². The Morgan fingerprint density at radius 2 is 1.88 bits per heavy atom. The molecule has 180 valence electrons. The Labute approximate surface area is 189 Å². The van der Waals surface area contributed by atoms with Crippen LogP contribution < -0.4 is 10.1 Å². The molecule has 10 heteroatoms. The smallest absolute Gasteiger partial charge is 0.406 e. The van der Waals surface area contributed by atoms with Gasteiger partial charge in [-0.1, -0.05) is 31.0 Å². The molecule has 0 radical (unpaired) electrons. The number of carbonyl (C=O) groups excluding carboxylic acids is 2. The Morgan fingerprint density at radius 1 is 1.18 bits per heavy atom. The summed E-state index contributed by atoms with van der Waals surface area (Å²) in [5, 5.41) is 22.8. The second kappa shape index (κ2) is 9.34. The van der Waals surface area contributed by atoms with E-state index < -0.39 is 54.6 Å². The molecule has 1 fully saturated rings. The Kier molecular flexibility index (Phi) is 6.67. The van der Waals surface area contributed by atoms with Crippen LogP contribution in [0.15, 0.2) is 35.9 Å². The second-order valence-electron chi connectivity index (χ2n) is 8.74. The van der Waals surface area contributed by atoms with E-state index in [1.54, 1.807) is 24.3 Å². The number of halogens is 3. The standard InChI is InChI=1S/C23H27F3N2O5/c24-23(25,26)12-28(22(32)13-5-1-2-6-13)16-11-15(21(31)27-9-10-29)18-14-7-3-4-8-17(14)33-20(18)19(16)30/h3-4,7-8,11,13,16,18-20,29-30H,1-2,5-6,9-10,12H2,(H,27,31). The van der Waals surface area contributed by atoms with Crippen LogP contribution in [0.4, 0.5) is 13.2 Å². The Balaban J connectivity index is 1.75. The number of alkyl halides is 3.